The number of fused-ring (bicyclic) bond motifs is 1. The molecule has 0 radical (unpaired) electrons. The van der Waals surface area contributed by atoms with Crippen molar-refractivity contribution in [1.82, 2.24) is 14.9 Å². The van der Waals surface area contributed by atoms with Crippen LogP contribution >= 0.6 is 11.8 Å². The molecular weight excluding hydrogens is 380 g/mol. The fraction of sp³-hybridized carbons (Fsp3) is 0.0526. The van der Waals surface area contributed by atoms with Crippen molar-refractivity contribution in [2.24, 2.45) is 12.0 Å². The van der Waals surface area contributed by atoms with Crippen LogP contribution in [0.2, 0.25) is 0 Å². The van der Waals surface area contributed by atoms with Gasteiger partial charge in [0.2, 0.25) is 0 Å². The van der Waals surface area contributed by atoms with E-state index in [9.17, 15) is 14.7 Å². The summed E-state index contributed by atoms with van der Waals surface area (Å²) in [7, 11) is 1.87. The number of nitrogens with zero attached hydrogens (tertiary/aromatic N) is 3. The molecule has 8 nitrogen and oxygen atoms in total. The van der Waals surface area contributed by atoms with Gasteiger partial charge in [-0.3, -0.25) is 4.79 Å². The number of hydrogen-bond acceptors (Lipinski definition) is 6. The standard InChI is InChI=1S/C19H14N4O4S/c1-23-13-5-3-2-4-12(13)21-16(23)9-15-17(25)22-19(28-15)20-10-6-7-14(24)11(8-10)18(26)27/h2-9,24H,1H3,(H,26,27)(H,20,22,25)/b15-9+. The third-order valence-corrected chi connectivity index (χ3v) is 5.08. The van der Waals surface area contributed by atoms with Gasteiger partial charge in [-0.25, -0.2) is 14.8 Å². The Bertz CT molecular complexity index is 1200. The number of amides is 1. The maximum absolute atomic E-state index is 12.3. The lowest BCUT2D eigenvalue weighted by molar-refractivity contribution is -0.115. The van der Waals surface area contributed by atoms with E-state index in [1.807, 2.05) is 35.9 Å². The van der Waals surface area contributed by atoms with Crippen LogP contribution in [0.5, 0.6) is 5.75 Å². The smallest absolute Gasteiger partial charge is 0.339 e. The second-order valence-corrected chi connectivity index (χ2v) is 7.04. The van der Waals surface area contributed by atoms with E-state index in [-0.39, 0.29) is 17.2 Å². The topological polar surface area (TPSA) is 117 Å². The van der Waals surface area contributed by atoms with Gasteiger partial charge < -0.3 is 20.1 Å². The number of nitrogens with one attached hydrogen (secondary N) is 1. The number of aryl methyl sites for hydroxylation is 1. The highest BCUT2D eigenvalue weighted by Crippen LogP contribution is 2.30. The molecule has 0 atom stereocenters. The highest BCUT2D eigenvalue weighted by molar-refractivity contribution is 8.18. The van der Waals surface area contributed by atoms with Crippen molar-refractivity contribution in [3.05, 3.63) is 58.8 Å². The molecule has 1 aliphatic heterocycles. The summed E-state index contributed by atoms with van der Waals surface area (Å²) in [6.45, 7) is 0. The van der Waals surface area contributed by atoms with Crippen LogP contribution in [0.1, 0.15) is 16.2 Å². The number of aliphatic imine (C=N–C) groups is 1. The summed E-state index contributed by atoms with van der Waals surface area (Å²) in [6, 6.07) is 11.6. The quantitative estimate of drug-likeness (QED) is 0.588. The molecule has 0 spiro atoms. The third-order valence-electron chi connectivity index (χ3n) is 4.17. The molecule has 4 rings (SSSR count). The molecule has 140 valence electrons. The number of para-hydroxylation sites is 2. The van der Waals surface area contributed by atoms with Gasteiger partial charge >= 0.3 is 5.97 Å². The molecule has 9 heteroatoms. The predicted octanol–water partition coefficient (Wildman–Crippen LogP) is 2.87. The molecule has 0 aliphatic carbocycles. The number of rotatable bonds is 3. The Morgan fingerprint density at radius 3 is 2.82 bits per heavy atom. The number of imidazole rings is 1. The number of thioether (sulfide) groups is 1. The Morgan fingerprint density at radius 2 is 2.07 bits per heavy atom. The zero-order valence-electron chi connectivity index (χ0n) is 14.6. The second-order valence-electron chi connectivity index (χ2n) is 6.01. The Balaban J connectivity index is 1.64. The summed E-state index contributed by atoms with van der Waals surface area (Å²) in [5.74, 6) is -1.28. The van der Waals surface area contributed by atoms with Gasteiger partial charge in [-0.15, -0.1) is 0 Å². The number of aromatic carboxylic acids is 1. The number of aromatic hydroxyl groups is 1. The number of benzene rings is 2. The van der Waals surface area contributed by atoms with E-state index in [0.29, 0.717) is 21.6 Å². The molecule has 1 aromatic heterocycles. The van der Waals surface area contributed by atoms with Gasteiger partial charge in [0.05, 0.1) is 21.6 Å². The van der Waals surface area contributed by atoms with Gasteiger partial charge in [0, 0.05) is 13.1 Å². The van der Waals surface area contributed by atoms with E-state index in [2.05, 4.69) is 15.3 Å². The molecule has 0 unspecified atom stereocenters. The first-order valence-electron chi connectivity index (χ1n) is 8.20. The van der Waals surface area contributed by atoms with E-state index in [4.69, 9.17) is 5.11 Å². The highest BCUT2D eigenvalue weighted by atomic mass is 32.2. The molecule has 1 saturated heterocycles. The van der Waals surface area contributed by atoms with Crippen LogP contribution in [-0.4, -0.2) is 36.8 Å². The maximum Gasteiger partial charge on any atom is 0.339 e. The van der Waals surface area contributed by atoms with Crippen LogP contribution in [0, 0.1) is 0 Å². The van der Waals surface area contributed by atoms with Crippen molar-refractivity contribution >= 4 is 51.6 Å². The molecule has 3 aromatic rings. The average molecular weight is 394 g/mol. The largest absolute Gasteiger partial charge is 0.507 e. The van der Waals surface area contributed by atoms with Crippen molar-refractivity contribution in [3.63, 3.8) is 0 Å². The number of amidine groups is 1. The number of carbonyl (C=O) groups is 2. The first-order valence-corrected chi connectivity index (χ1v) is 9.01. The van der Waals surface area contributed by atoms with Crippen LogP contribution in [0.4, 0.5) is 5.69 Å². The number of aromatic nitrogens is 2. The number of carboxylic acids is 1. The van der Waals surface area contributed by atoms with Crippen molar-refractivity contribution in [2.45, 2.75) is 0 Å². The first kappa shape index (κ1) is 17.8. The number of phenols is 1. The molecule has 2 aromatic carbocycles. The van der Waals surface area contributed by atoms with Crippen molar-refractivity contribution in [2.75, 3.05) is 0 Å². The van der Waals surface area contributed by atoms with Gasteiger partial charge in [-0.05, 0) is 42.1 Å². The molecular formula is C19H14N4O4S. The minimum atomic E-state index is -1.26. The van der Waals surface area contributed by atoms with Crippen molar-refractivity contribution in [3.8, 4) is 5.75 Å². The number of carbonyl (C=O) groups excluding carboxylic acids is 1. The summed E-state index contributed by atoms with van der Waals surface area (Å²) in [4.78, 5) is 32.6. The van der Waals surface area contributed by atoms with Crippen LogP contribution in [0.25, 0.3) is 17.1 Å². The van der Waals surface area contributed by atoms with Gasteiger partial charge in [0.15, 0.2) is 5.17 Å². The second kappa shape index (κ2) is 6.86. The van der Waals surface area contributed by atoms with Gasteiger partial charge in [-0.1, -0.05) is 12.1 Å². The van der Waals surface area contributed by atoms with Crippen LogP contribution in [-0.2, 0) is 11.8 Å². The molecule has 2 heterocycles. The van der Waals surface area contributed by atoms with E-state index in [1.54, 1.807) is 6.08 Å². The summed E-state index contributed by atoms with van der Waals surface area (Å²) in [6.07, 6.45) is 1.68. The normalized spacial score (nSPS) is 16.8. The zero-order chi connectivity index (χ0) is 19.8. The summed E-state index contributed by atoms with van der Waals surface area (Å²) >= 11 is 1.13. The van der Waals surface area contributed by atoms with Gasteiger partial charge in [0.25, 0.3) is 5.91 Å². The molecule has 3 N–H and O–H groups in total. The van der Waals surface area contributed by atoms with Crippen molar-refractivity contribution in [1.29, 1.82) is 0 Å². The minimum absolute atomic E-state index is 0.258. The van der Waals surface area contributed by atoms with Gasteiger partial charge in [0.1, 0.15) is 17.1 Å². The number of carboxylic acid groups (broad SMARTS) is 1. The van der Waals surface area contributed by atoms with E-state index in [1.165, 1.54) is 18.2 Å². The molecule has 0 bridgehead atoms. The molecule has 1 amide bonds. The Hall–Kier alpha value is -3.59. The molecule has 0 saturated carbocycles. The Labute approximate surface area is 163 Å². The van der Waals surface area contributed by atoms with E-state index >= 15 is 0 Å². The fourth-order valence-electron chi connectivity index (χ4n) is 2.77. The SMILES string of the molecule is Cn1c(/C=C2/SC(=Nc3ccc(O)c(C(=O)O)c3)NC2=O)nc2ccccc21. The van der Waals surface area contributed by atoms with Gasteiger partial charge in [-0.2, -0.15) is 0 Å². The molecule has 1 fully saturated rings. The summed E-state index contributed by atoms with van der Waals surface area (Å²) in [5, 5.41) is 21.6. The van der Waals surface area contributed by atoms with Crippen LogP contribution in [0.15, 0.2) is 52.4 Å². The molecule has 1 aliphatic rings. The third kappa shape index (κ3) is 3.23. The Kier molecular flexibility index (Phi) is 4.36. The lowest BCUT2D eigenvalue weighted by atomic mass is 10.2. The monoisotopic (exact) mass is 394 g/mol. The highest BCUT2D eigenvalue weighted by Gasteiger charge is 2.25. The van der Waals surface area contributed by atoms with Crippen molar-refractivity contribution < 1.29 is 19.8 Å². The fourth-order valence-corrected chi connectivity index (χ4v) is 3.58. The number of hydrogen-bond donors (Lipinski definition) is 3. The van der Waals surface area contributed by atoms with Crippen LogP contribution in [0.3, 0.4) is 0 Å². The minimum Gasteiger partial charge on any atom is -0.507 e. The van der Waals surface area contributed by atoms with E-state index < -0.39 is 5.97 Å². The summed E-state index contributed by atoms with van der Waals surface area (Å²) in [5.41, 5.74) is 1.84. The molecule has 28 heavy (non-hydrogen) atoms. The lowest BCUT2D eigenvalue weighted by Crippen LogP contribution is -2.19. The lowest BCUT2D eigenvalue weighted by Gasteiger charge is -2.01. The predicted molar refractivity (Wildman–Crippen MR) is 107 cm³/mol. The maximum atomic E-state index is 12.3. The summed E-state index contributed by atoms with van der Waals surface area (Å²) < 4.78 is 1.89. The van der Waals surface area contributed by atoms with Crippen LogP contribution < -0.4 is 5.32 Å². The Morgan fingerprint density at radius 1 is 1.29 bits per heavy atom. The van der Waals surface area contributed by atoms with E-state index in [0.717, 1.165) is 22.8 Å². The zero-order valence-corrected chi connectivity index (χ0v) is 15.4. The first-order chi connectivity index (χ1) is 13.4. The average Bonchev–Trinajstić information content (AvgIpc) is 3.17.